The minimum atomic E-state index is -4.39. The van der Waals surface area contributed by atoms with Crippen LogP contribution in [-0.2, 0) is 10.9 Å². The molecule has 1 aromatic heterocycles. The molecule has 0 spiro atoms. The van der Waals surface area contributed by atoms with E-state index in [1.54, 1.807) is 24.8 Å². The zero-order valence-electron chi connectivity index (χ0n) is 16.4. The number of halogens is 3. The lowest BCUT2D eigenvalue weighted by Gasteiger charge is -2.36. The third kappa shape index (κ3) is 4.08. The van der Waals surface area contributed by atoms with Gasteiger partial charge in [0.1, 0.15) is 5.69 Å². The molecular weight excluding hydrogens is 387 g/mol. The summed E-state index contributed by atoms with van der Waals surface area (Å²) in [5.74, 6) is -0.755. The van der Waals surface area contributed by atoms with Gasteiger partial charge < -0.3 is 19.5 Å². The zero-order chi connectivity index (χ0) is 21.3. The van der Waals surface area contributed by atoms with Crippen molar-refractivity contribution in [3.8, 4) is 0 Å². The molecular formula is C20H22F3N3O3. The minimum Gasteiger partial charge on any atom is -0.465 e. The van der Waals surface area contributed by atoms with Crippen molar-refractivity contribution < 1.29 is 27.5 Å². The minimum absolute atomic E-state index is 0.246. The van der Waals surface area contributed by atoms with E-state index in [-0.39, 0.29) is 5.91 Å². The van der Waals surface area contributed by atoms with Crippen LogP contribution in [0.4, 0.5) is 18.9 Å². The van der Waals surface area contributed by atoms with Gasteiger partial charge in [-0.15, -0.1) is 0 Å². The van der Waals surface area contributed by atoms with E-state index in [0.717, 1.165) is 12.1 Å². The standard InChI is InChI=1S/C20H22F3N3O3/c1-12-16(19(28)29-3)13(2)24-17(12)18(27)26-9-7-25(8-10-26)15-6-4-5-14(11-15)20(21,22)23/h4-6,11,24H,7-10H2,1-3H3. The molecule has 2 heterocycles. The second-order valence-electron chi connectivity index (χ2n) is 6.94. The third-order valence-corrected chi connectivity index (χ3v) is 5.15. The summed E-state index contributed by atoms with van der Waals surface area (Å²) in [4.78, 5) is 31.2. The van der Waals surface area contributed by atoms with E-state index >= 15 is 0 Å². The molecule has 0 atom stereocenters. The zero-order valence-corrected chi connectivity index (χ0v) is 16.4. The van der Waals surface area contributed by atoms with Gasteiger partial charge in [0, 0.05) is 37.6 Å². The first-order valence-electron chi connectivity index (χ1n) is 9.12. The van der Waals surface area contributed by atoms with Crippen LogP contribution in [0.1, 0.15) is 37.7 Å². The van der Waals surface area contributed by atoms with Crippen LogP contribution in [0.15, 0.2) is 24.3 Å². The Hall–Kier alpha value is -2.97. The molecule has 1 amide bonds. The number of alkyl halides is 3. The van der Waals surface area contributed by atoms with Crippen LogP contribution in [0.3, 0.4) is 0 Å². The summed E-state index contributed by atoms with van der Waals surface area (Å²) in [5.41, 5.74) is 1.54. The Morgan fingerprint density at radius 2 is 1.76 bits per heavy atom. The fourth-order valence-electron chi connectivity index (χ4n) is 3.58. The van der Waals surface area contributed by atoms with E-state index in [1.807, 2.05) is 4.90 Å². The van der Waals surface area contributed by atoms with Crippen LogP contribution in [0.2, 0.25) is 0 Å². The van der Waals surface area contributed by atoms with E-state index in [4.69, 9.17) is 4.74 Å². The summed E-state index contributed by atoms with van der Waals surface area (Å²) in [5, 5.41) is 0. The molecule has 0 saturated carbocycles. The summed E-state index contributed by atoms with van der Waals surface area (Å²) in [6.45, 7) is 4.93. The van der Waals surface area contributed by atoms with Gasteiger partial charge in [0.15, 0.2) is 0 Å². The Morgan fingerprint density at radius 3 is 2.34 bits per heavy atom. The number of aromatic nitrogens is 1. The maximum atomic E-state index is 12.9. The summed E-state index contributed by atoms with van der Waals surface area (Å²) >= 11 is 0. The van der Waals surface area contributed by atoms with Crippen molar-refractivity contribution in [2.45, 2.75) is 20.0 Å². The summed E-state index contributed by atoms with van der Waals surface area (Å²) in [6, 6.07) is 5.18. The summed E-state index contributed by atoms with van der Waals surface area (Å²) in [6.07, 6.45) is -4.39. The van der Waals surface area contributed by atoms with Gasteiger partial charge in [-0.3, -0.25) is 4.79 Å². The maximum Gasteiger partial charge on any atom is 0.416 e. The number of nitrogens with zero attached hydrogens (tertiary/aromatic N) is 2. The van der Waals surface area contributed by atoms with Gasteiger partial charge in [0.2, 0.25) is 0 Å². The van der Waals surface area contributed by atoms with Gasteiger partial charge in [0.25, 0.3) is 5.91 Å². The number of hydrogen-bond donors (Lipinski definition) is 1. The molecule has 0 bridgehead atoms. The smallest absolute Gasteiger partial charge is 0.416 e. The summed E-state index contributed by atoms with van der Waals surface area (Å²) < 4.78 is 43.6. The highest BCUT2D eigenvalue weighted by Crippen LogP contribution is 2.32. The number of ether oxygens (including phenoxy) is 1. The highest BCUT2D eigenvalue weighted by Gasteiger charge is 2.32. The molecule has 1 aliphatic rings. The number of anilines is 1. The number of carbonyl (C=O) groups is 2. The SMILES string of the molecule is COC(=O)c1c(C)[nH]c(C(=O)N2CCN(c3cccc(C(F)(F)F)c3)CC2)c1C. The van der Waals surface area contributed by atoms with Crippen LogP contribution in [0.5, 0.6) is 0 Å². The third-order valence-electron chi connectivity index (χ3n) is 5.15. The average Bonchev–Trinajstić information content (AvgIpc) is 3.00. The van der Waals surface area contributed by atoms with Crippen LogP contribution >= 0.6 is 0 Å². The van der Waals surface area contributed by atoms with Crippen molar-refractivity contribution in [2.24, 2.45) is 0 Å². The van der Waals surface area contributed by atoms with Crippen molar-refractivity contribution in [2.75, 3.05) is 38.2 Å². The van der Waals surface area contributed by atoms with E-state index in [0.29, 0.717) is 54.4 Å². The quantitative estimate of drug-likeness (QED) is 0.790. The summed E-state index contributed by atoms with van der Waals surface area (Å²) in [7, 11) is 1.28. The number of methoxy groups -OCH3 is 1. The number of benzene rings is 1. The molecule has 2 aromatic rings. The highest BCUT2D eigenvalue weighted by atomic mass is 19.4. The lowest BCUT2D eigenvalue weighted by atomic mass is 10.1. The number of hydrogen-bond acceptors (Lipinski definition) is 4. The first-order valence-corrected chi connectivity index (χ1v) is 9.12. The molecule has 3 rings (SSSR count). The predicted octanol–water partition coefficient (Wildman–Crippen LogP) is 3.40. The number of carbonyl (C=O) groups excluding carboxylic acids is 2. The molecule has 0 unspecified atom stereocenters. The number of amides is 1. The molecule has 1 saturated heterocycles. The topological polar surface area (TPSA) is 65.6 Å². The Balaban J connectivity index is 1.72. The molecule has 1 fully saturated rings. The number of esters is 1. The van der Waals surface area contributed by atoms with Crippen LogP contribution in [0, 0.1) is 13.8 Å². The van der Waals surface area contributed by atoms with Gasteiger partial charge >= 0.3 is 12.1 Å². The Morgan fingerprint density at radius 1 is 1.10 bits per heavy atom. The van der Waals surface area contributed by atoms with Gasteiger partial charge in [-0.1, -0.05) is 6.07 Å². The van der Waals surface area contributed by atoms with Crippen LogP contribution in [-0.4, -0.2) is 55.0 Å². The van der Waals surface area contributed by atoms with Crippen molar-refractivity contribution >= 4 is 17.6 Å². The van der Waals surface area contributed by atoms with Crippen LogP contribution < -0.4 is 4.90 Å². The first-order chi connectivity index (χ1) is 13.6. The first kappa shape index (κ1) is 20.8. The van der Waals surface area contributed by atoms with Crippen molar-refractivity contribution in [1.29, 1.82) is 0 Å². The molecule has 6 nitrogen and oxygen atoms in total. The lowest BCUT2D eigenvalue weighted by molar-refractivity contribution is -0.137. The highest BCUT2D eigenvalue weighted by molar-refractivity contribution is 6.00. The van der Waals surface area contributed by atoms with Gasteiger partial charge in [-0.25, -0.2) is 4.79 Å². The fraction of sp³-hybridized carbons (Fsp3) is 0.400. The van der Waals surface area contributed by atoms with Gasteiger partial charge in [-0.05, 0) is 37.6 Å². The van der Waals surface area contributed by atoms with Crippen LogP contribution in [0.25, 0.3) is 0 Å². The van der Waals surface area contributed by atoms with E-state index < -0.39 is 17.7 Å². The molecule has 0 radical (unpaired) electrons. The average molecular weight is 409 g/mol. The van der Waals surface area contributed by atoms with E-state index in [2.05, 4.69) is 4.98 Å². The van der Waals surface area contributed by atoms with Crippen molar-refractivity contribution in [3.63, 3.8) is 0 Å². The Kier molecular flexibility index (Phi) is 5.59. The van der Waals surface area contributed by atoms with Gasteiger partial charge in [0.05, 0.1) is 18.2 Å². The molecule has 9 heteroatoms. The predicted molar refractivity (Wildman–Crippen MR) is 101 cm³/mol. The lowest BCUT2D eigenvalue weighted by Crippen LogP contribution is -2.49. The Labute approximate surface area is 166 Å². The van der Waals surface area contributed by atoms with Crippen molar-refractivity contribution in [3.05, 3.63) is 52.3 Å². The second-order valence-corrected chi connectivity index (χ2v) is 6.94. The Bertz CT molecular complexity index is 929. The van der Waals surface area contributed by atoms with E-state index in [9.17, 15) is 22.8 Å². The second kappa shape index (κ2) is 7.81. The number of nitrogens with one attached hydrogen (secondary N) is 1. The molecule has 1 aromatic carbocycles. The molecule has 1 aliphatic heterocycles. The number of aryl methyl sites for hydroxylation is 1. The largest absolute Gasteiger partial charge is 0.465 e. The normalized spacial score (nSPS) is 14.8. The molecule has 29 heavy (non-hydrogen) atoms. The fourth-order valence-corrected chi connectivity index (χ4v) is 3.58. The van der Waals surface area contributed by atoms with Crippen molar-refractivity contribution in [1.82, 2.24) is 9.88 Å². The number of aromatic amines is 1. The molecule has 0 aliphatic carbocycles. The molecule has 1 N–H and O–H groups in total. The van der Waals surface area contributed by atoms with Gasteiger partial charge in [-0.2, -0.15) is 13.2 Å². The number of piperazine rings is 1. The number of H-pyrrole nitrogens is 1. The maximum absolute atomic E-state index is 12.9. The molecule has 156 valence electrons. The monoisotopic (exact) mass is 409 g/mol. The van der Waals surface area contributed by atoms with E-state index in [1.165, 1.54) is 13.2 Å². The number of rotatable bonds is 3.